The van der Waals surface area contributed by atoms with Gasteiger partial charge in [0.1, 0.15) is 22.3 Å². The predicted octanol–water partition coefficient (Wildman–Crippen LogP) is 19.6. The first-order chi connectivity index (χ1) is 38.8. The van der Waals surface area contributed by atoms with Gasteiger partial charge in [0.15, 0.2) is 0 Å². The van der Waals surface area contributed by atoms with E-state index < -0.39 is 0 Å². The highest BCUT2D eigenvalue weighted by molar-refractivity contribution is 7.26. The van der Waals surface area contributed by atoms with E-state index in [1.807, 2.05) is 11.3 Å². The number of benzene rings is 10. The van der Waals surface area contributed by atoms with Gasteiger partial charge in [-0.2, -0.15) is 0 Å². The summed E-state index contributed by atoms with van der Waals surface area (Å²) in [7, 11) is 0. The van der Waals surface area contributed by atoms with Crippen molar-refractivity contribution in [3.8, 4) is 22.3 Å². The number of furan rings is 2. The number of fused-ring (bicyclic) bond motifs is 19. The molecule has 1 atom stereocenters. The Morgan fingerprint density at radius 2 is 1.20 bits per heavy atom. The van der Waals surface area contributed by atoms with Gasteiger partial charge in [0.2, 0.25) is 0 Å². The highest BCUT2D eigenvalue weighted by atomic mass is 32.1. The summed E-state index contributed by atoms with van der Waals surface area (Å²) in [6, 6.07) is 70.9. The van der Waals surface area contributed by atoms with Crippen molar-refractivity contribution in [3.05, 3.63) is 221 Å². The first kappa shape index (κ1) is 46.6. The second kappa shape index (κ2) is 16.2. The van der Waals surface area contributed by atoms with E-state index in [1.165, 1.54) is 121 Å². The van der Waals surface area contributed by atoms with E-state index in [1.54, 1.807) is 0 Å². The Bertz CT molecular complexity index is 4760. The minimum absolute atomic E-state index is 0.0104. The van der Waals surface area contributed by atoms with E-state index in [0.717, 1.165) is 57.6 Å². The third-order valence-electron chi connectivity index (χ3n) is 19.2. The lowest BCUT2D eigenvalue weighted by atomic mass is 9.39. The molecule has 3 aromatic heterocycles. The SMILES string of the molecule is CC(C)(C)c1ccc(N2B3c4cc5oc6ccccc6c5cc4C4Cc5cc6c(cc5-c5c4c3c(c3oc4ccccc4c53)-c3cc4c(cc32)sc2cc(N(c3ccccc3)c3ccccc3)ccc24)C(C)(C)CCC6(C)C)cc1. The van der Waals surface area contributed by atoms with Gasteiger partial charge in [0.05, 0.1) is 0 Å². The lowest BCUT2D eigenvalue weighted by molar-refractivity contribution is 0.331. The number of thiophene rings is 1. The molecule has 0 saturated heterocycles. The lowest BCUT2D eigenvalue weighted by Gasteiger charge is -2.47. The van der Waals surface area contributed by atoms with Gasteiger partial charge in [0.25, 0.3) is 0 Å². The lowest BCUT2D eigenvalue weighted by Crippen LogP contribution is -2.62. The van der Waals surface area contributed by atoms with Crippen LogP contribution < -0.4 is 20.6 Å². The molecular weight excluding hydrogens is 992 g/mol. The molecule has 5 heterocycles. The van der Waals surface area contributed by atoms with E-state index in [9.17, 15) is 0 Å². The number of anilines is 5. The first-order valence-corrected chi connectivity index (χ1v) is 29.5. The molecular formula is C74H59BN2O2S. The van der Waals surface area contributed by atoms with Crippen molar-refractivity contribution in [2.45, 2.75) is 89.9 Å². The van der Waals surface area contributed by atoms with E-state index in [2.05, 4.69) is 246 Å². The molecule has 4 aliphatic rings. The summed E-state index contributed by atoms with van der Waals surface area (Å²) in [6.45, 7) is 16.6. The van der Waals surface area contributed by atoms with E-state index in [-0.39, 0.29) is 29.0 Å². The minimum Gasteiger partial charge on any atom is -0.456 e. The smallest absolute Gasteiger partial charge is 0.329 e. The molecule has 1 unspecified atom stereocenters. The largest absolute Gasteiger partial charge is 0.456 e. The van der Waals surface area contributed by atoms with Gasteiger partial charge >= 0.3 is 6.85 Å². The first-order valence-electron chi connectivity index (χ1n) is 28.7. The predicted molar refractivity (Wildman–Crippen MR) is 339 cm³/mol. The monoisotopic (exact) mass is 1050 g/mol. The normalized spacial score (nSPS) is 16.6. The molecule has 0 saturated carbocycles. The molecule has 0 spiro atoms. The number of hydrogen-bond donors (Lipinski definition) is 0. The maximum Gasteiger partial charge on any atom is 0.329 e. The van der Waals surface area contributed by atoms with Crippen LogP contribution >= 0.6 is 11.3 Å². The molecule has 0 fully saturated rings. The van der Waals surface area contributed by atoms with Gasteiger partial charge in [0, 0.05) is 87.2 Å². The molecule has 2 aliphatic heterocycles. The molecule has 0 radical (unpaired) electrons. The standard InChI is InChI=1S/C74H59BN2O2S/c1-72(2,3)43-26-28-46(29-27-43)77-60-41-65-54(49-31-30-47(36-64(49)80-65)76(44-18-10-8-11-19-44)45-20-12-9-13-21-45)38-56(60)69-70-67-55(52-37-53-48-22-14-16-24-61(48)78-63(53)40-59(52)75(70)77)34-42-35-57-58(74(6,7)33-32-73(57,4)5)39-51(42)66(67)68-50-23-15-17-25-62(50)79-71(68)69/h8-31,35-41,55H,32-34H2,1-7H3. The van der Waals surface area contributed by atoms with Crippen molar-refractivity contribution in [1.82, 2.24) is 0 Å². The van der Waals surface area contributed by atoms with Crippen LogP contribution in [-0.4, -0.2) is 6.85 Å². The summed E-state index contributed by atoms with van der Waals surface area (Å²) in [5, 5.41) is 7.28. The molecule has 13 aromatic rings. The van der Waals surface area contributed by atoms with Crippen molar-refractivity contribution in [1.29, 1.82) is 0 Å². The zero-order valence-corrected chi connectivity index (χ0v) is 47.1. The topological polar surface area (TPSA) is 32.8 Å². The van der Waals surface area contributed by atoms with Crippen LogP contribution in [0.4, 0.5) is 28.4 Å². The molecule has 0 bridgehead atoms. The third-order valence-corrected chi connectivity index (χ3v) is 20.3. The van der Waals surface area contributed by atoms with Crippen LogP contribution in [0.1, 0.15) is 101 Å². The molecule has 0 amide bonds. The van der Waals surface area contributed by atoms with Crippen molar-refractivity contribution in [3.63, 3.8) is 0 Å². The van der Waals surface area contributed by atoms with Crippen molar-refractivity contribution >= 4 is 122 Å². The Hall–Kier alpha value is -8.32. The Balaban J connectivity index is 1.01. The highest BCUT2D eigenvalue weighted by Crippen LogP contribution is 2.59. The van der Waals surface area contributed by atoms with Crippen LogP contribution in [0.25, 0.3) is 86.3 Å². The van der Waals surface area contributed by atoms with Crippen molar-refractivity contribution in [2.24, 2.45) is 0 Å². The summed E-state index contributed by atoms with van der Waals surface area (Å²) in [5.41, 5.74) is 26.0. The molecule has 6 heteroatoms. The van der Waals surface area contributed by atoms with Crippen molar-refractivity contribution < 1.29 is 8.83 Å². The van der Waals surface area contributed by atoms with Gasteiger partial charge in [-0.15, -0.1) is 11.3 Å². The number of nitrogens with zero attached hydrogens (tertiary/aromatic N) is 2. The van der Waals surface area contributed by atoms with Gasteiger partial charge in [-0.25, -0.2) is 0 Å². The molecule has 4 nitrogen and oxygen atoms in total. The summed E-state index contributed by atoms with van der Waals surface area (Å²) >= 11 is 1.89. The average molecular weight is 1050 g/mol. The Morgan fingerprint density at radius 1 is 0.550 bits per heavy atom. The summed E-state index contributed by atoms with van der Waals surface area (Å²) < 4.78 is 17.0. The van der Waals surface area contributed by atoms with Gasteiger partial charge in [-0.05, 0) is 176 Å². The van der Waals surface area contributed by atoms with E-state index in [4.69, 9.17) is 8.83 Å². The van der Waals surface area contributed by atoms with Crippen LogP contribution in [0.5, 0.6) is 0 Å². The number of rotatable bonds is 4. The second-order valence-corrected chi connectivity index (χ2v) is 26.8. The Labute approximate surface area is 471 Å². The summed E-state index contributed by atoms with van der Waals surface area (Å²) in [6.07, 6.45) is 3.24. The van der Waals surface area contributed by atoms with Crippen LogP contribution in [0.3, 0.4) is 0 Å². The second-order valence-electron chi connectivity index (χ2n) is 25.8. The molecule has 80 heavy (non-hydrogen) atoms. The maximum absolute atomic E-state index is 7.54. The number of hydrogen-bond acceptors (Lipinski definition) is 5. The van der Waals surface area contributed by atoms with Crippen LogP contribution in [-0.2, 0) is 22.7 Å². The van der Waals surface area contributed by atoms with Crippen LogP contribution in [0, 0.1) is 0 Å². The van der Waals surface area contributed by atoms with Crippen LogP contribution in [0.2, 0.25) is 0 Å². The summed E-state index contributed by atoms with van der Waals surface area (Å²) in [5.74, 6) is 0.0827. The zero-order valence-electron chi connectivity index (χ0n) is 46.3. The van der Waals surface area contributed by atoms with Crippen LogP contribution in [0.15, 0.2) is 197 Å². The number of para-hydroxylation sites is 4. The molecule has 10 aromatic carbocycles. The minimum atomic E-state index is -0.202. The average Bonchev–Trinajstić information content (AvgIpc) is 2.27. The van der Waals surface area contributed by atoms with Gasteiger partial charge in [-0.3, -0.25) is 0 Å². The maximum atomic E-state index is 7.54. The Morgan fingerprint density at radius 3 is 1.91 bits per heavy atom. The fraction of sp³-hybridized carbons (Fsp3) is 0.189. The van der Waals surface area contributed by atoms with E-state index >= 15 is 0 Å². The third kappa shape index (κ3) is 6.45. The van der Waals surface area contributed by atoms with Gasteiger partial charge in [-0.1, -0.05) is 152 Å². The summed E-state index contributed by atoms with van der Waals surface area (Å²) in [4.78, 5) is 5.08. The Kier molecular flexibility index (Phi) is 9.42. The highest BCUT2D eigenvalue weighted by Gasteiger charge is 2.51. The van der Waals surface area contributed by atoms with E-state index in [0.29, 0.717) is 0 Å². The quantitative estimate of drug-likeness (QED) is 0.164. The fourth-order valence-electron chi connectivity index (χ4n) is 15.1. The molecule has 2 aliphatic carbocycles. The van der Waals surface area contributed by atoms with Gasteiger partial charge < -0.3 is 18.5 Å². The molecule has 0 N–H and O–H groups in total. The molecule has 17 rings (SSSR count). The molecule has 386 valence electrons. The van der Waals surface area contributed by atoms with Crippen molar-refractivity contribution in [2.75, 3.05) is 9.71 Å². The zero-order chi connectivity index (χ0) is 53.7. The fourth-order valence-corrected chi connectivity index (χ4v) is 16.2.